The van der Waals surface area contributed by atoms with Crippen LogP contribution in [0.2, 0.25) is 0 Å². The molecule has 17 heteroatoms. The monoisotopic (exact) mass is 801 g/mol. The number of aliphatic hydroxyl groups excluding tert-OH is 1. The zero-order valence-corrected chi connectivity index (χ0v) is 35.6. The Morgan fingerprint density at radius 3 is 1.73 bits per heavy atom. The molecule has 1 aliphatic carbocycles. The lowest BCUT2D eigenvalue weighted by Crippen LogP contribution is -2.58. The number of rotatable bonds is 20. The first kappa shape index (κ1) is 49.4. The van der Waals surface area contributed by atoms with Gasteiger partial charge in [0.1, 0.15) is 23.7 Å². The van der Waals surface area contributed by atoms with E-state index in [9.17, 15) is 38.7 Å². The average Bonchev–Trinajstić information content (AvgIpc) is 3.08. The Balaban J connectivity index is 3.09. The van der Waals surface area contributed by atoms with E-state index < -0.39 is 102 Å². The van der Waals surface area contributed by atoms with Gasteiger partial charge in [-0.15, -0.1) is 0 Å². The van der Waals surface area contributed by atoms with Crippen molar-refractivity contribution in [2.75, 3.05) is 26.2 Å². The van der Waals surface area contributed by atoms with Crippen LogP contribution in [0.15, 0.2) is 0 Å². The van der Waals surface area contributed by atoms with Crippen LogP contribution in [-0.4, -0.2) is 115 Å². The van der Waals surface area contributed by atoms with Gasteiger partial charge in [0.15, 0.2) is 0 Å². The molecule has 1 saturated carbocycles. The van der Waals surface area contributed by atoms with Gasteiger partial charge in [-0.1, -0.05) is 41.5 Å². The molecule has 0 saturated heterocycles. The average molecular weight is 802 g/mol. The number of esters is 2. The van der Waals surface area contributed by atoms with E-state index >= 15 is 0 Å². The number of alkyl carbamates (subject to hydrolysis) is 1. The van der Waals surface area contributed by atoms with E-state index in [-0.39, 0.29) is 43.4 Å². The van der Waals surface area contributed by atoms with Gasteiger partial charge in [0.05, 0.1) is 44.6 Å². The maximum atomic E-state index is 13.7. The van der Waals surface area contributed by atoms with Crippen LogP contribution >= 0.6 is 11.8 Å². The van der Waals surface area contributed by atoms with E-state index in [0.29, 0.717) is 12.2 Å². The highest BCUT2D eigenvalue weighted by Crippen LogP contribution is 2.31. The molecular weight excluding hydrogens is 735 g/mol. The van der Waals surface area contributed by atoms with Crippen molar-refractivity contribution in [3.63, 3.8) is 0 Å². The molecule has 0 radical (unpaired) electrons. The molecule has 0 aromatic rings. The highest BCUT2D eigenvalue weighted by molar-refractivity contribution is 7.98. The fourth-order valence-electron chi connectivity index (χ4n) is 6.38. The summed E-state index contributed by atoms with van der Waals surface area (Å²) in [4.78, 5) is 91.2. The number of thioether (sulfide) groups is 1. The Morgan fingerprint density at radius 2 is 1.27 bits per heavy atom. The summed E-state index contributed by atoms with van der Waals surface area (Å²) >= 11 is 1.48. The molecule has 0 aromatic carbocycles. The first-order valence-electron chi connectivity index (χ1n) is 19.1. The number of aliphatic hydroxyl groups is 1. The van der Waals surface area contributed by atoms with Gasteiger partial charge >= 0.3 is 18.0 Å². The third-order valence-corrected chi connectivity index (χ3v) is 9.81. The van der Waals surface area contributed by atoms with Crippen molar-refractivity contribution >= 4 is 53.4 Å². The Hall–Kier alpha value is -3.60. The summed E-state index contributed by atoms with van der Waals surface area (Å²) in [5, 5.41) is 25.1. The number of amides is 5. The quantitative estimate of drug-likeness (QED) is 0.0771. The van der Waals surface area contributed by atoms with Gasteiger partial charge < -0.3 is 45.9 Å². The van der Waals surface area contributed by atoms with E-state index in [0.717, 1.165) is 0 Å². The topological polar surface area (TPSA) is 228 Å². The van der Waals surface area contributed by atoms with E-state index in [1.54, 1.807) is 48.5 Å². The maximum absolute atomic E-state index is 13.7. The summed E-state index contributed by atoms with van der Waals surface area (Å²) in [6.07, 6.45) is 0.587. The lowest BCUT2D eigenvalue weighted by atomic mass is 9.78. The zero-order chi connectivity index (χ0) is 42.2. The smallest absolute Gasteiger partial charge is 0.408 e. The molecule has 5 amide bonds. The van der Waals surface area contributed by atoms with Crippen LogP contribution in [0.25, 0.3) is 0 Å². The minimum absolute atomic E-state index is 0.00193. The normalized spacial score (nSPS) is 20.0. The molecule has 1 fully saturated rings. The lowest BCUT2D eigenvalue weighted by Gasteiger charge is -2.34. The van der Waals surface area contributed by atoms with E-state index in [1.807, 2.05) is 20.1 Å². The van der Waals surface area contributed by atoms with E-state index in [4.69, 9.17) is 14.2 Å². The summed E-state index contributed by atoms with van der Waals surface area (Å²) in [7, 11) is 2.51. The molecule has 1 aliphatic rings. The van der Waals surface area contributed by atoms with Gasteiger partial charge in [-0.2, -0.15) is 11.8 Å². The second-order valence-corrected chi connectivity index (χ2v) is 17.4. The predicted octanol–water partition coefficient (Wildman–Crippen LogP) is 2.44. The van der Waals surface area contributed by atoms with Gasteiger partial charge in [-0.25, -0.2) is 4.79 Å². The molecule has 16 nitrogen and oxygen atoms in total. The molecule has 0 bridgehead atoms. The van der Waals surface area contributed by atoms with Crippen LogP contribution in [0, 0.1) is 29.6 Å². The number of hydrogen-bond donors (Lipinski definition) is 6. The van der Waals surface area contributed by atoms with Crippen LogP contribution in [0.5, 0.6) is 0 Å². The molecule has 55 heavy (non-hydrogen) atoms. The molecule has 0 spiro atoms. The molecule has 8 atom stereocenters. The fraction of sp³-hybridized carbons (Fsp3) is 0.816. The van der Waals surface area contributed by atoms with Gasteiger partial charge in [-0.3, -0.25) is 28.8 Å². The van der Waals surface area contributed by atoms with Crippen molar-refractivity contribution in [1.82, 2.24) is 26.6 Å². The number of carbonyl (C=O) groups is 7. The molecule has 0 aliphatic heterocycles. The lowest BCUT2D eigenvalue weighted by molar-refractivity contribution is -0.153. The molecule has 316 valence electrons. The summed E-state index contributed by atoms with van der Waals surface area (Å²) < 4.78 is 15.1. The number of carbonyl (C=O) groups excluding carboxylic acids is 7. The third kappa shape index (κ3) is 17.8. The summed E-state index contributed by atoms with van der Waals surface area (Å²) in [5.41, 5.74) is -0.781. The maximum Gasteiger partial charge on any atom is 0.408 e. The molecule has 1 rings (SSSR count). The summed E-state index contributed by atoms with van der Waals surface area (Å²) in [5.74, 6) is -4.70. The fourth-order valence-corrected chi connectivity index (χ4v) is 6.86. The summed E-state index contributed by atoms with van der Waals surface area (Å²) in [6.45, 7) is 15.9. The van der Waals surface area contributed by atoms with Crippen LogP contribution < -0.4 is 26.6 Å². The molecule has 0 heterocycles. The van der Waals surface area contributed by atoms with Crippen LogP contribution in [0.4, 0.5) is 4.79 Å². The number of ether oxygens (including phenoxy) is 3. The zero-order valence-electron chi connectivity index (χ0n) is 34.7. The molecule has 2 unspecified atom stereocenters. The Kier molecular flexibility index (Phi) is 21.1. The van der Waals surface area contributed by atoms with Crippen molar-refractivity contribution in [2.45, 2.75) is 143 Å². The minimum atomic E-state index is -1.35. The van der Waals surface area contributed by atoms with Crippen LogP contribution in [0.1, 0.15) is 101 Å². The van der Waals surface area contributed by atoms with E-state index in [1.165, 1.54) is 26.0 Å². The number of nitrogens with one attached hydrogen (secondary N) is 5. The minimum Gasteiger partial charge on any atom is -0.469 e. The van der Waals surface area contributed by atoms with Gasteiger partial charge in [0.2, 0.25) is 23.6 Å². The van der Waals surface area contributed by atoms with Crippen molar-refractivity contribution in [1.29, 1.82) is 0 Å². The second-order valence-electron chi connectivity index (χ2n) is 16.4. The Bertz CT molecular complexity index is 1280. The van der Waals surface area contributed by atoms with Crippen molar-refractivity contribution in [3.8, 4) is 0 Å². The molecule has 6 N–H and O–H groups in total. The Labute approximate surface area is 330 Å². The largest absolute Gasteiger partial charge is 0.469 e. The van der Waals surface area contributed by atoms with Crippen LogP contribution in [0.3, 0.4) is 0 Å². The molecule has 0 aromatic heterocycles. The molecular formula is C38H67N5O11S. The first-order valence-corrected chi connectivity index (χ1v) is 20.4. The first-order chi connectivity index (χ1) is 25.5. The van der Waals surface area contributed by atoms with Gasteiger partial charge in [0, 0.05) is 6.04 Å². The standard InChI is InChI=1S/C38H67N5O11S/c1-20(2)15-27(41-32(46)26(13-14-55-12)40-34(48)31(22(5)6)43-37(51)54-38(7,8)9)28(44)19-29(45)42-30(21(3)4)33(47)39-25-17-23(35(49)52-10)16-24(18-25)36(50)53-11/h20-28,30-31,44H,13-19H2,1-12H3,(H,39,47)(H,40,48)(H,41,46)(H,42,45)(H,43,51)/t23-,24+,25?,26-,27?,28-,30+,31-/m0/s1. The van der Waals surface area contributed by atoms with Gasteiger partial charge in [-0.05, 0) is 82.6 Å². The number of methoxy groups -OCH3 is 2. The van der Waals surface area contributed by atoms with Crippen LogP contribution in [-0.2, 0) is 43.0 Å². The third-order valence-electron chi connectivity index (χ3n) is 9.17. The highest BCUT2D eigenvalue weighted by Gasteiger charge is 2.39. The predicted molar refractivity (Wildman–Crippen MR) is 208 cm³/mol. The van der Waals surface area contributed by atoms with Crippen molar-refractivity contribution < 1.29 is 52.9 Å². The van der Waals surface area contributed by atoms with Gasteiger partial charge in [0.25, 0.3) is 0 Å². The van der Waals surface area contributed by atoms with E-state index in [2.05, 4.69) is 26.6 Å². The van der Waals surface area contributed by atoms with Crippen molar-refractivity contribution in [3.05, 3.63) is 0 Å². The SMILES string of the molecule is COC(=O)[C@@H]1CC(NC(=O)[C@H](NC(=O)C[C@H](O)C(CC(C)C)NC(=O)[C@H](CCSC)NC(=O)[C@@H](NC(=O)OC(C)(C)C)C(C)C)C(C)C)C[C@H](C(=O)OC)C1. The van der Waals surface area contributed by atoms with Crippen molar-refractivity contribution in [2.24, 2.45) is 29.6 Å². The highest BCUT2D eigenvalue weighted by atomic mass is 32.2. The summed E-state index contributed by atoms with van der Waals surface area (Å²) in [6, 6.07) is -4.46. The number of hydrogen-bond acceptors (Lipinski definition) is 12. The second kappa shape index (κ2) is 23.5. The Morgan fingerprint density at radius 1 is 0.745 bits per heavy atom.